The van der Waals surface area contributed by atoms with Crippen LogP contribution in [-0.4, -0.2) is 22.9 Å². The van der Waals surface area contributed by atoms with E-state index < -0.39 is 18.5 Å². The molecule has 1 fully saturated rings. The summed E-state index contributed by atoms with van der Waals surface area (Å²) in [6, 6.07) is 19.2. The number of aromatic amines is 1. The van der Waals surface area contributed by atoms with Crippen LogP contribution in [0.5, 0.6) is 17.4 Å². The second-order valence-corrected chi connectivity index (χ2v) is 10.1. The van der Waals surface area contributed by atoms with Crippen molar-refractivity contribution in [1.82, 2.24) is 10.2 Å². The van der Waals surface area contributed by atoms with Gasteiger partial charge in [-0.25, -0.2) is 0 Å². The van der Waals surface area contributed by atoms with Crippen LogP contribution in [0.15, 0.2) is 72.8 Å². The first-order valence-corrected chi connectivity index (χ1v) is 13.5. The number of rotatable bonds is 9. The van der Waals surface area contributed by atoms with Crippen molar-refractivity contribution in [2.24, 2.45) is 0 Å². The Hall–Kier alpha value is -4.15. The van der Waals surface area contributed by atoms with Crippen LogP contribution in [0.1, 0.15) is 60.3 Å². The van der Waals surface area contributed by atoms with Gasteiger partial charge < -0.3 is 14.2 Å². The van der Waals surface area contributed by atoms with E-state index >= 15 is 0 Å². The van der Waals surface area contributed by atoms with Gasteiger partial charge in [0, 0.05) is 17.5 Å². The molecule has 0 atom stereocenters. The minimum atomic E-state index is -4.90. The molecule has 3 aromatic carbocycles. The van der Waals surface area contributed by atoms with Crippen LogP contribution in [-0.2, 0) is 13.0 Å². The van der Waals surface area contributed by atoms with Crippen LogP contribution in [0.3, 0.4) is 0 Å². The summed E-state index contributed by atoms with van der Waals surface area (Å²) in [7, 11) is 0. The lowest BCUT2D eigenvalue weighted by atomic mass is 9.84. The summed E-state index contributed by atoms with van der Waals surface area (Å²) in [6.45, 7) is -0.329. The molecule has 222 valence electrons. The van der Waals surface area contributed by atoms with Gasteiger partial charge in [-0.1, -0.05) is 79.9 Å². The summed E-state index contributed by atoms with van der Waals surface area (Å²) in [5, 5.41) is 7.17. The number of H-pyrrole nitrogens is 1. The Balaban J connectivity index is 1.47. The van der Waals surface area contributed by atoms with Crippen molar-refractivity contribution < 1.29 is 40.6 Å². The molecule has 0 saturated heterocycles. The highest BCUT2D eigenvalue weighted by atomic mass is 19.4. The topological polar surface area (TPSA) is 56.4 Å². The Morgan fingerprint density at radius 2 is 1.29 bits per heavy atom. The summed E-state index contributed by atoms with van der Waals surface area (Å²) in [5.41, 5.74) is 3.24. The molecular weight excluding hydrogens is 562 g/mol. The summed E-state index contributed by atoms with van der Waals surface area (Å²) in [5.74, 6) is -0.285. The Bertz CT molecular complexity index is 1480. The molecule has 1 saturated carbocycles. The van der Waals surface area contributed by atoms with Gasteiger partial charge in [-0.2, -0.15) is 0 Å². The van der Waals surface area contributed by atoms with Crippen molar-refractivity contribution in [3.8, 4) is 28.6 Å². The minimum Gasteiger partial charge on any atom is -0.471 e. The van der Waals surface area contributed by atoms with Crippen molar-refractivity contribution >= 4 is 0 Å². The van der Waals surface area contributed by atoms with Gasteiger partial charge in [-0.05, 0) is 47.6 Å². The van der Waals surface area contributed by atoms with E-state index in [4.69, 9.17) is 4.74 Å². The van der Waals surface area contributed by atoms with Crippen LogP contribution in [0, 0.1) is 0 Å². The lowest BCUT2D eigenvalue weighted by Crippen LogP contribution is -2.18. The molecule has 0 unspecified atom stereocenters. The zero-order valence-electron chi connectivity index (χ0n) is 22.4. The number of aromatic nitrogens is 2. The van der Waals surface area contributed by atoms with E-state index in [0.717, 1.165) is 18.4 Å². The predicted molar refractivity (Wildman–Crippen MR) is 143 cm³/mol. The van der Waals surface area contributed by atoms with Crippen molar-refractivity contribution in [3.05, 3.63) is 95.1 Å². The molecule has 1 heterocycles. The molecule has 1 N–H and O–H groups in total. The molecule has 0 aliphatic heterocycles. The third-order valence-electron chi connectivity index (χ3n) is 7.23. The molecule has 1 aliphatic carbocycles. The Morgan fingerprint density at radius 1 is 0.714 bits per heavy atom. The number of para-hydroxylation sites is 2. The quantitative estimate of drug-likeness (QED) is 0.198. The number of nitrogens with one attached hydrogen (secondary N) is 1. The number of nitrogens with zero attached hydrogens (tertiary/aromatic N) is 1. The fraction of sp³-hybridized carbons (Fsp3) is 0.323. The highest BCUT2D eigenvalue weighted by molar-refractivity contribution is 5.67. The van der Waals surface area contributed by atoms with Gasteiger partial charge in [-0.15, -0.1) is 31.4 Å². The maximum Gasteiger partial charge on any atom is 0.573 e. The molecule has 11 heteroatoms. The molecule has 5 nitrogen and oxygen atoms in total. The van der Waals surface area contributed by atoms with Gasteiger partial charge in [0.15, 0.2) is 0 Å². The van der Waals surface area contributed by atoms with Gasteiger partial charge in [-0.3, -0.25) is 5.10 Å². The largest absolute Gasteiger partial charge is 0.573 e. The molecule has 4 aromatic rings. The van der Waals surface area contributed by atoms with E-state index in [1.165, 1.54) is 67.3 Å². The molecule has 1 aromatic heterocycles. The number of ether oxygens (including phenoxy) is 3. The Morgan fingerprint density at radius 3 is 1.90 bits per heavy atom. The monoisotopic (exact) mass is 590 g/mol. The average Bonchev–Trinajstić information content (AvgIpc) is 3.35. The van der Waals surface area contributed by atoms with Gasteiger partial charge in [0.05, 0.1) is 5.69 Å². The molecule has 1 aliphatic rings. The zero-order chi connectivity index (χ0) is 29.7. The van der Waals surface area contributed by atoms with E-state index in [1.54, 1.807) is 6.07 Å². The minimum absolute atomic E-state index is 0.0324. The number of hydrogen-bond acceptors (Lipinski definition) is 4. The number of hydrogen-bond donors (Lipinski definition) is 1. The lowest BCUT2D eigenvalue weighted by Gasteiger charge is -2.22. The predicted octanol–water partition coefficient (Wildman–Crippen LogP) is 9.09. The SMILES string of the molecule is FC(F)(F)Oc1ccccc1COc1n[nH]c(-c2ccc(C3CCCCC3)cc2)c1Cc1ccccc1OC(F)(F)F. The fourth-order valence-corrected chi connectivity index (χ4v) is 5.29. The number of alkyl halides is 6. The number of halogens is 6. The molecular formula is C31H28F6N2O3. The van der Waals surface area contributed by atoms with E-state index in [-0.39, 0.29) is 35.8 Å². The molecule has 0 radical (unpaired) electrons. The molecule has 0 bridgehead atoms. The van der Waals surface area contributed by atoms with Crippen LogP contribution < -0.4 is 14.2 Å². The zero-order valence-corrected chi connectivity index (χ0v) is 22.4. The standard InChI is InChI=1S/C31H28F6N2O3/c32-30(33,34)41-26-12-6-4-10-23(26)18-25-28(22-16-14-21(15-17-22)20-8-2-1-3-9-20)38-39-29(25)40-19-24-11-5-7-13-27(24)42-31(35,36)37/h4-7,10-17,20H,1-3,8-9,18-19H2,(H,38,39). The van der Waals surface area contributed by atoms with E-state index in [2.05, 4.69) is 19.7 Å². The van der Waals surface area contributed by atoms with Crippen molar-refractivity contribution in [2.75, 3.05) is 0 Å². The third-order valence-corrected chi connectivity index (χ3v) is 7.23. The van der Waals surface area contributed by atoms with Crippen LogP contribution in [0.2, 0.25) is 0 Å². The first-order valence-electron chi connectivity index (χ1n) is 13.5. The van der Waals surface area contributed by atoms with Crippen molar-refractivity contribution in [2.45, 2.75) is 63.8 Å². The van der Waals surface area contributed by atoms with Gasteiger partial charge in [0.1, 0.15) is 18.1 Å². The second kappa shape index (κ2) is 12.4. The Labute approximate surface area is 238 Å². The second-order valence-electron chi connectivity index (χ2n) is 10.1. The van der Waals surface area contributed by atoms with Gasteiger partial charge in [0.25, 0.3) is 0 Å². The van der Waals surface area contributed by atoms with Crippen molar-refractivity contribution in [1.29, 1.82) is 0 Å². The summed E-state index contributed by atoms with van der Waals surface area (Å²) < 4.78 is 92.3. The van der Waals surface area contributed by atoms with Gasteiger partial charge in [0.2, 0.25) is 5.88 Å². The fourth-order valence-electron chi connectivity index (χ4n) is 5.29. The van der Waals surface area contributed by atoms with Crippen LogP contribution in [0.4, 0.5) is 26.3 Å². The lowest BCUT2D eigenvalue weighted by molar-refractivity contribution is -0.276. The van der Waals surface area contributed by atoms with Gasteiger partial charge >= 0.3 is 12.7 Å². The first-order chi connectivity index (χ1) is 20.1. The van der Waals surface area contributed by atoms with E-state index in [1.807, 2.05) is 24.3 Å². The summed E-state index contributed by atoms with van der Waals surface area (Å²) in [4.78, 5) is 0. The van der Waals surface area contributed by atoms with E-state index in [0.29, 0.717) is 17.2 Å². The van der Waals surface area contributed by atoms with Crippen molar-refractivity contribution in [3.63, 3.8) is 0 Å². The smallest absolute Gasteiger partial charge is 0.471 e. The van der Waals surface area contributed by atoms with Crippen LogP contribution >= 0.6 is 0 Å². The highest BCUT2D eigenvalue weighted by Gasteiger charge is 2.33. The van der Waals surface area contributed by atoms with E-state index in [9.17, 15) is 26.3 Å². The molecule has 42 heavy (non-hydrogen) atoms. The highest BCUT2D eigenvalue weighted by Crippen LogP contribution is 2.37. The molecule has 5 rings (SSSR count). The molecule has 0 amide bonds. The Kier molecular flexibility index (Phi) is 8.65. The number of benzene rings is 3. The molecule has 0 spiro atoms. The maximum atomic E-state index is 13.1. The maximum absolute atomic E-state index is 13.1. The third kappa shape index (κ3) is 7.57. The summed E-state index contributed by atoms with van der Waals surface area (Å²) in [6.07, 6.45) is -3.98. The first kappa shape index (κ1) is 29.3. The summed E-state index contributed by atoms with van der Waals surface area (Å²) >= 11 is 0. The van der Waals surface area contributed by atoms with Crippen LogP contribution in [0.25, 0.3) is 11.3 Å². The normalized spacial score (nSPS) is 14.5. The average molecular weight is 591 g/mol.